The fourth-order valence-corrected chi connectivity index (χ4v) is 5.15. The number of hydrogen-bond acceptors (Lipinski definition) is 7. The first-order chi connectivity index (χ1) is 14.7. The molecule has 0 aromatic heterocycles. The number of benzene rings is 2. The van der Waals surface area contributed by atoms with Crippen LogP contribution in [0.25, 0.3) is 0 Å². The fraction of sp³-hybridized carbons (Fsp3) is 0.350. The monoisotopic (exact) mass is 467 g/mol. The highest BCUT2D eigenvalue weighted by molar-refractivity contribution is 7.89. The number of nitrogens with zero attached hydrogens (tertiary/aromatic N) is 3. The number of aryl methyl sites for hydroxylation is 1. The van der Waals surface area contributed by atoms with E-state index in [4.69, 9.17) is 21.4 Å². The van der Waals surface area contributed by atoms with E-state index in [0.29, 0.717) is 30.4 Å². The molecule has 1 fully saturated rings. The molecule has 1 aliphatic rings. The van der Waals surface area contributed by atoms with Crippen LogP contribution < -0.4 is 4.74 Å². The van der Waals surface area contributed by atoms with Gasteiger partial charge in [0.25, 0.3) is 0 Å². The van der Waals surface area contributed by atoms with Gasteiger partial charge in [0, 0.05) is 37.7 Å². The highest BCUT2D eigenvalue weighted by Gasteiger charge is 2.31. The largest absolute Gasteiger partial charge is 0.481 e. The normalized spacial score (nSPS) is 15.5. The molecule has 11 heteroatoms. The van der Waals surface area contributed by atoms with Crippen LogP contribution in [-0.4, -0.2) is 61.4 Å². The molecule has 2 aromatic carbocycles. The minimum atomic E-state index is -3.99. The number of hydrogen-bond donors (Lipinski definition) is 1. The summed E-state index contributed by atoms with van der Waals surface area (Å²) in [4.78, 5) is 23.5. The van der Waals surface area contributed by atoms with E-state index in [9.17, 15) is 18.1 Å². The minimum Gasteiger partial charge on any atom is -0.481 e. The molecule has 0 amide bonds. The van der Waals surface area contributed by atoms with Gasteiger partial charge in [-0.05, 0) is 54.1 Å². The summed E-state index contributed by atoms with van der Waals surface area (Å²) >= 11 is 6.07. The van der Waals surface area contributed by atoms with Gasteiger partial charge in [0.05, 0.1) is 6.42 Å². The predicted octanol–water partition coefficient (Wildman–Crippen LogP) is 3.62. The van der Waals surface area contributed by atoms with Crippen LogP contribution in [0.1, 0.15) is 12.0 Å². The first kappa shape index (κ1) is 23.1. The van der Waals surface area contributed by atoms with Crippen LogP contribution in [0.4, 0.5) is 5.69 Å². The van der Waals surface area contributed by atoms with Gasteiger partial charge in [0.15, 0.2) is 0 Å². The third-order valence-corrected chi connectivity index (χ3v) is 7.01. The first-order valence-corrected chi connectivity index (χ1v) is 11.4. The second-order valence-corrected chi connectivity index (χ2v) is 9.52. The molecule has 166 valence electrons. The van der Waals surface area contributed by atoms with Gasteiger partial charge in [-0.25, -0.2) is 8.42 Å². The maximum Gasteiger partial charge on any atom is 0.304 e. The van der Waals surface area contributed by atoms with Gasteiger partial charge in [-0.15, -0.1) is 4.91 Å². The maximum atomic E-state index is 13.3. The van der Waals surface area contributed by atoms with Gasteiger partial charge in [-0.1, -0.05) is 11.6 Å². The lowest BCUT2D eigenvalue weighted by Crippen LogP contribution is -2.49. The fourth-order valence-electron chi connectivity index (χ4n) is 3.31. The Kier molecular flexibility index (Phi) is 7.26. The molecule has 1 heterocycles. The quantitative estimate of drug-likeness (QED) is 0.589. The van der Waals surface area contributed by atoms with Crippen LogP contribution in [0.2, 0.25) is 5.02 Å². The molecular formula is C20H22ClN3O6S. The summed E-state index contributed by atoms with van der Waals surface area (Å²) in [6, 6.07) is 8.99. The molecule has 1 N–H and O–H groups in total. The van der Waals surface area contributed by atoms with Gasteiger partial charge in [0.2, 0.25) is 10.0 Å². The van der Waals surface area contributed by atoms with E-state index in [1.807, 2.05) is 11.8 Å². The number of rotatable bonds is 8. The van der Waals surface area contributed by atoms with Crippen molar-refractivity contribution < 1.29 is 23.1 Å². The Morgan fingerprint density at radius 3 is 2.48 bits per heavy atom. The average Bonchev–Trinajstić information content (AvgIpc) is 2.72. The van der Waals surface area contributed by atoms with Gasteiger partial charge >= 0.3 is 5.97 Å². The molecule has 0 bridgehead atoms. The molecule has 0 aliphatic carbocycles. The number of ether oxygens (including phenoxy) is 1. The number of nitroso groups, excluding NO2 is 1. The Morgan fingerprint density at radius 2 is 1.87 bits per heavy atom. The average molecular weight is 468 g/mol. The molecule has 0 radical (unpaired) electrons. The summed E-state index contributed by atoms with van der Waals surface area (Å²) in [5.41, 5.74) is 0.809. The van der Waals surface area contributed by atoms with E-state index in [0.717, 1.165) is 5.56 Å². The number of carboxylic acids is 1. The Labute approximate surface area is 185 Å². The molecule has 1 saturated heterocycles. The Bertz CT molecular complexity index is 1060. The lowest BCUT2D eigenvalue weighted by atomic mass is 10.2. The SMILES string of the molecule is Cc1cc(Cl)cc(Oc2ccc(N=O)cc2S(=O)(=O)N2CCN(CCC(=O)O)CC2)c1. The third-order valence-electron chi connectivity index (χ3n) is 4.87. The second-order valence-electron chi connectivity index (χ2n) is 7.18. The van der Waals surface area contributed by atoms with Crippen molar-refractivity contribution in [3.05, 3.63) is 51.9 Å². The van der Waals surface area contributed by atoms with Crippen LogP contribution in [-0.2, 0) is 14.8 Å². The molecule has 2 aromatic rings. The van der Waals surface area contributed by atoms with Gasteiger partial charge < -0.3 is 14.7 Å². The van der Waals surface area contributed by atoms with E-state index >= 15 is 0 Å². The second kappa shape index (κ2) is 9.73. The maximum absolute atomic E-state index is 13.3. The third kappa shape index (κ3) is 5.79. The van der Waals surface area contributed by atoms with Crippen molar-refractivity contribution >= 4 is 33.3 Å². The van der Waals surface area contributed by atoms with Crippen molar-refractivity contribution in [2.24, 2.45) is 5.18 Å². The Balaban J connectivity index is 1.86. The van der Waals surface area contributed by atoms with Crippen molar-refractivity contribution in [1.82, 2.24) is 9.21 Å². The molecule has 9 nitrogen and oxygen atoms in total. The summed E-state index contributed by atoms with van der Waals surface area (Å²) < 4.78 is 33.8. The van der Waals surface area contributed by atoms with Crippen molar-refractivity contribution in [3.8, 4) is 11.5 Å². The number of carbonyl (C=O) groups is 1. The van der Waals surface area contributed by atoms with Crippen molar-refractivity contribution in [1.29, 1.82) is 0 Å². The number of carboxylic acid groups (broad SMARTS) is 1. The molecule has 1 aliphatic heterocycles. The summed E-state index contributed by atoms with van der Waals surface area (Å²) in [7, 11) is -3.99. The zero-order chi connectivity index (χ0) is 22.6. The smallest absolute Gasteiger partial charge is 0.304 e. The molecule has 0 spiro atoms. The predicted molar refractivity (Wildman–Crippen MR) is 116 cm³/mol. The van der Waals surface area contributed by atoms with E-state index in [2.05, 4.69) is 5.18 Å². The minimum absolute atomic E-state index is 0.00314. The number of sulfonamides is 1. The van der Waals surface area contributed by atoms with Crippen LogP contribution in [0.3, 0.4) is 0 Å². The topological polar surface area (TPSA) is 117 Å². The van der Waals surface area contributed by atoms with Crippen LogP contribution in [0.5, 0.6) is 11.5 Å². The molecular weight excluding hydrogens is 446 g/mol. The number of halogens is 1. The number of aliphatic carboxylic acids is 1. The van der Waals surface area contributed by atoms with E-state index in [-0.39, 0.29) is 35.8 Å². The zero-order valence-electron chi connectivity index (χ0n) is 16.8. The molecule has 3 rings (SSSR count). The summed E-state index contributed by atoms with van der Waals surface area (Å²) in [6.07, 6.45) is -0.00314. The summed E-state index contributed by atoms with van der Waals surface area (Å²) in [5, 5.41) is 12.1. The molecule has 31 heavy (non-hydrogen) atoms. The lowest BCUT2D eigenvalue weighted by molar-refractivity contribution is -0.137. The van der Waals surface area contributed by atoms with E-state index in [1.165, 1.54) is 22.5 Å². The standard InChI is InChI=1S/C20H22ClN3O6S/c1-14-10-15(21)12-17(11-14)30-18-3-2-16(22-27)13-19(18)31(28,29)24-8-6-23(7-9-24)5-4-20(25)26/h2-3,10-13H,4-9H2,1H3,(H,25,26). The molecule has 0 unspecified atom stereocenters. The summed E-state index contributed by atoms with van der Waals surface area (Å²) in [5.74, 6) is -0.472. The van der Waals surface area contributed by atoms with Gasteiger partial charge in [0.1, 0.15) is 22.1 Å². The first-order valence-electron chi connectivity index (χ1n) is 9.56. The highest BCUT2D eigenvalue weighted by atomic mass is 35.5. The van der Waals surface area contributed by atoms with E-state index < -0.39 is 16.0 Å². The van der Waals surface area contributed by atoms with Crippen LogP contribution in [0, 0.1) is 11.8 Å². The lowest BCUT2D eigenvalue weighted by Gasteiger charge is -2.33. The highest BCUT2D eigenvalue weighted by Crippen LogP contribution is 2.35. The van der Waals surface area contributed by atoms with E-state index in [1.54, 1.807) is 18.2 Å². The summed E-state index contributed by atoms with van der Waals surface area (Å²) in [6.45, 7) is 3.38. The van der Waals surface area contributed by atoms with Crippen LogP contribution >= 0.6 is 11.6 Å². The van der Waals surface area contributed by atoms with Gasteiger partial charge in [-0.2, -0.15) is 4.31 Å². The van der Waals surface area contributed by atoms with Gasteiger partial charge in [-0.3, -0.25) is 4.79 Å². The number of piperazine rings is 1. The Morgan fingerprint density at radius 1 is 1.16 bits per heavy atom. The van der Waals surface area contributed by atoms with Crippen LogP contribution in [0.15, 0.2) is 46.5 Å². The van der Waals surface area contributed by atoms with Crippen molar-refractivity contribution in [2.75, 3.05) is 32.7 Å². The van der Waals surface area contributed by atoms with Crippen molar-refractivity contribution in [3.63, 3.8) is 0 Å². The Hall–Kier alpha value is -2.53. The molecule has 0 saturated carbocycles. The zero-order valence-corrected chi connectivity index (χ0v) is 18.4. The molecule has 0 atom stereocenters. The van der Waals surface area contributed by atoms with Crippen molar-refractivity contribution in [2.45, 2.75) is 18.2 Å².